The molecule has 8 heteroatoms. The lowest BCUT2D eigenvalue weighted by atomic mass is 10.1. The van der Waals surface area contributed by atoms with Gasteiger partial charge in [-0.3, -0.25) is 14.4 Å². The molecule has 152 valence electrons. The first-order chi connectivity index (χ1) is 12.9. The summed E-state index contributed by atoms with van der Waals surface area (Å²) in [7, 11) is 0. The molecule has 0 aliphatic carbocycles. The van der Waals surface area contributed by atoms with Gasteiger partial charge in [-0.05, 0) is 18.9 Å². The summed E-state index contributed by atoms with van der Waals surface area (Å²) in [6, 6.07) is 11.1. The number of ketones is 1. The summed E-state index contributed by atoms with van der Waals surface area (Å²) in [6.07, 6.45) is 0.614. The number of rotatable bonds is 9. The number of hydrogen-bond donors (Lipinski definition) is 2. The second kappa shape index (κ2) is 11.3. The number of carbonyl (C=O) groups excluding carboxylic acids is 2. The van der Waals surface area contributed by atoms with Crippen LogP contribution in [0.1, 0.15) is 29.8 Å². The molecule has 0 amide bonds. The highest BCUT2D eigenvalue weighted by Gasteiger charge is 2.16. The molecule has 0 fully saturated rings. The summed E-state index contributed by atoms with van der Waals surface area (Å²) in [5.74, 6) is -1.25. The van der Waals surface area contributed by atoms with Gasteiger partial charge in [0.05, 0.1) is 13.0 Å². The third-order valence-corrected chi connectivity index (χ3v) is 4.27. The molecule has 3 N–H and O–H groups in total. The van der Waals surface area contributed by atoms with E-state index >= 15 is 0 Å². The van der Waals surface area contributed by atoms with Gasteiger partial charge >= 0.3 is 5.97 Å². The van der Waals surface area contributed by atoms with Crippen LogP contribution in [0.3, 0.4) is 0 Å². The van der Waals surface area contributed by atoms with E-state index in [0.717, 1.165) is 5.56 Å². The molecule has 0 bridgehead atoms. The Balaban J connectivity index is 0.00000392. The Bertz CT molecular complexity index is 865. The molecule has 0 atom stereocenters. The first-order valence-electron chi connectivity index (χ1n) is 8.76. The Labute approximate surface area is 169 Å². The normalized spacial score (nSPS) is 10.2. The zero-order valence-electron chi connectivity index (χ0n) is 15.7. The summed E-state index contributed by atoms with van der Waals surface area (Å²) < 4.78 is 6.92. The highest BCUT2D eigenvalue weighted by molar-refractivity contribution is 5.85. The first kappa shape index (κ1) is 23.4. The molecular formula is C20H25ClN2O5. The molecule has 7 nitrogen and oxygen atoms in total. The monoisotopic (exact) mass is 408 g/mol. The van der Waals surface area contributed by atoms with Crippen LogP contribution in [0, 0.1) is 6.92 Å². The number of nitrogens with zero attached hydrogens (tertiary/aromatic N) is 1. The van der Waals surface area contributed by atoms with Gasteiger partial charge in [0.2, 0.25) is 5.43 Å². The summed E-state index contributed by atoms with van der Waals surface area (Å²) in [5, 5.41) is 10.2. The molecule has 1 aromatic carbocycles. The van der Waals surface area contributed by atoms with E-state index in [9.17, 15) is 19.5 Å². The Morgan fingerprint density at radius 1 is 1.18 bits per heavy atom. The highest BCUT2D eigenvalue weighted by Crippen LogP contribution is 2.17. The number of aromatic nitrogens is 1. The van der Waals surface area contributed by atoms with Crippen LogP contribution in [0.5, 0.6) is 5.75 Å². The van der Waals surface area contributed by atoms with Crippen molar-refractivity contribution >= 4 is 24.2 Å². The predicted octanol–water partition coefficient (Wildman–Crippen LogP) is 1.88. The average molecular weight is 409 g/mol. The number of hydrogen-bond acceptors (Lipinski definition) is 6. The number of benzene rings is 1. The molecule has 0 aliphatic heterocycles. The minimum Gasteiger partial charge on any atom is -0.503 e. The molecule has 1 aromatic heterocycles. The van der Waals surface area contributed by atoms with Crippen molar-refractivity contribution in [2.45, 2.75) is 39.3 Å². The minimum atomic E-state index is -0.584. The Morgan fingerprint density at radius 2 is 1.86 bits per heavy atom. The fourth-order valence-corrected chi connectivity index (χ4v) is 2.73. The van der Waals surface area contributed by atoms with E-state index in [-0.39, 0.29) is 49.9 Å². The zero-order valence-corrected chi connectivity index (χ0v) is 16.5. The van der Waals surface area contributed by atoms with Gasteiger partial charge < -0.3 is 20.1 Å². The van der Waals surface area contributed by atoms with Crippen molar-refractivity contribution in [2.75, 3.05) is 6.54 Å². The van der Waals surface area contributed by atoms with Crippen LogP contribution < -0.4 is 11.2 Å². The topological polar surface area (TPSA) is 112 Å². The second-order valence-electron chi connectivity index (χ2n) is 6.24. The van der Waals surface area contributed by atoms with E-state index in [1.54, 1.807) is 11.5 Å². The van der Waals surface area contributed by atoms with Crippen molar-refractivity contribution in [3.63, 3.8) is 0 Å². The van der Waals surface area contributed by atoms with Crippen molar-refractivity contribution in [3.8, 4) is 5.75 Å². The number of esters is 1. The minimum absolute atomic E-state index is 0. The molecular weight excluding hydrogens is 384 g/mol. The van der Waals surface area contributed by atoms with E-state index < -0.39 is 17.1 Å². The molecule has 0 saturated carbocycles. The fourth-order valence-electron chi connectivity index (χ4n) is 2.73. The summed E-state index contributed by atoms with van der Waals surface area (Å²) in [4.78, 5) is 34.9. The van der Waals surface area contributed by atoms with E-state index in [1.165, 1.54) is 6.07 Å². The third kappa shape index (κ3) is 6.51. The number of aryl methyl sites for hydroxylation is 2. The quantitative estimate of drug-likeness (QED) is 0.613. The SMILES string of the molecule is Cc1cc(=O)c(O)c(COC(=O)CCC(=O)CN)n1CCc1ccccc1.Cl. The molecule has 0 saturated heterocycles. The maximum atomic E-state index is 11.9. The van der Waals surface area contributed by atoms with Crippen LogP contribution in [0.25, 0.3) is 0 Å². The number of Topliss-reactive ketones (excluding diaryl/α,β-unsaturated/α-hetero) is 1. The van der Waals surface area contributed by atoms with Gasteiger partial charge in [-0.1, -0.05) is 30.3 Å². The average Bonchev–Trinajstić information content (AvgIpc) is 2.67. The third-order valence-electron chi connectivity index (χ3n) is 4.27. The van der Waals surface area contributed by atoms with E-state index in [4.69, 9.17) is 10.5 Å². The number of halogens is 1. The van der Waals surface area contributed by atoms with Crippen molar-refractivity contribution < 1.29 is 19.4 Å². The van der Waals surface area contributed by atoms with Crippen molar-refractivity contribution in [2.24, 2.45) is 5.73 Å². The second-order valence-corrected chi connectivity index (χ2v) is 6.24. The van der Waals surface area contributed by atoms with Gasteiger partial charge in [0.1, 0.15) is 18.1 Å². The Kier molecular flexibility index (Phi) is 9.41. The van der Waals surface area contributed by atoms with Crippen molar-refractivity contribution in [1.82, 2.24) is 4.57 Å². The van der Waals surface area contributed by atoms with Crippen LogP contribution in [-0.4, -0.2) is 28.0 Å². The zero-order chi connectivity index (χ0) is 19.8. The highest BCUT2D eigenvalue weighted by atomic mass is 35.5. The van der Waals surface area contributed by atoms with Gasteiger partial charge in [-0.25, -0.2) is 0 Å². The lowest BCUT2D eigenvalue weighted by molar-refractivity contribution is -0.146. The van der Waals surface area contributed by atoms with Gasteiger partial charge in [0, 0.05) is 24.7 Å². The molecule has 2 rings (SSSR count). The molecule has 0 radical (unpaired) electrons. The number of nitrogens with two attached hydrogens (primary N) is 1. The number of ether oxygens (including phenoxy) is 1. The lowest BCUT2D eigenvalue weighted by Crippen LogP contribution is -2.20. The van der Waals surface area contributed by atoms with Crippen molar-refractivity contribution in [1.29, 1.82) is 0 Å². The van der Waals surface area contributed by atoms with E-state index in [2.05, 4.69) is 0 Å². The van der Waals surface area contributed by atoms with Gasteiger partial charge in [0.25, 0.3) is 0 Å². The van der Waals surface area contributed by atoms with Crippen LogP contribution in [0.2, 0.25) is 0 Å². The van der Waals surface area contributed by atoms with Crippen molar-refractivity contribution in [3.05, 3.63) is 63.6 Å². The molecule has 0 spiro atoms. The molecule has 2 aromatic rings. The predicted molar refractivity (Wildman–Crippen MR) is 108 cm³/mol. The van der Waals surface area contributed by atoms with E-state index in [1.807, 2.05) is 30.3 Å². The smallest absolute Gasteiger partial charge is 0.306 e. The van der Waals surface area contributed by atoms with Crippen LogP contribution >= 0.6 is 12.4 Å². The van der Waals surface area contributed by atoms with E-state index in [0.29, 0.717) is 18.7 Å². The Morgan fingerprint density at radius 3 is 2.50 bits per heavy atom. The van der Waals surface area contributed by atoms with Gasteiger partial charge in [0.15, 0.2) is 5.75 Å². The summed E-state index contributed by atoms with van der Waals surface area (Å²) in [5.41, 5.74) is 6.70. The van der Waals surface area contributed by atoms with Gasteiger partial charge in [-0.2, -0.15) is 0 Å². The largest absolute Gasteiger partial charge is 0.503 e. The fraction of sp³-hybridized carbons (Fsp3) is 0.350. The summed E-state index contributed by atoms with van der Waals surface area (Å²) in [6.45, 7) is 1.91. The molecule has 28 heavy (non-hydrogen) atoms. The summed E-state index contributed by atoms with van der Waals surface area (Å²) >= 11 is 0. The number of carbonyl (C=O) groups is 2. The number of aromatic hydroxyl groups is 1. The van der Waals surface area contributed by atoms with Crippen LogP contribution in [-0.2, 0) is 33.9 Å². The standard InChI is InChI=1S/C20H24N2O5.ClH/c1-14-11-18(24)20(26)17(13-27-19(25)8-7-16(23)12-21)22(14)10-9-15-5-3-2-4-6-15;/h2-6,11,26H,7-10,12-13,21H2,1H3;1H. The number of pyridine rings is 1. The lowest BCUT2D eigenvalue weighted by Gasteiger charge is -2.18. The first-order valence-corrected chi connectivity index (χ1v) is 8.76. The molecule has 0 aliphatic rings. The Hall–Kier alpha value is -2.64. The van der Waals surface area contributed by atoms with Crippen LogP contribution in [0.4, 0.5) is 0 Å². The van der Waals surface area contributed by atoms with Crippen LogP contribution in [0.15, 0.2) is 41.2 Å². The molecule has 1 heterocycles. The van der Waals surface area contributed by atoms with Gasteiger partial charge in [-0.15, -0.1) is 12.4 Å². The molecule has 0 unspecified atom stereocenters. The maximum Gasteiger partial charge on any atom is 0.306 e. The maximum absolute atomic E-state index is 11.9.